The summed E-state index contributed by atoms with van der Waals surface area (Å²) in [6, 6.07) is 0. The number of hydrogen-bond donors (Lipinski definition) is 0. The third kappa shape index (κ3) is 11.0. The van der Waals surface area contributed by atoms with Crippen LogP contribution in [0.15, 0.2) is 0 Å². The molecule has 0 aromatic rings. The molecule has 0 saturated carbocycles. The Kier molecular flexibility index (Phi) is 16.0. The predicted octanol–water partition coefficient (Wildman–Crippen LogP) is 2.01. The second kappa shape index (κ2) is 10.2. The van der Waals surface area contributed by atoms with Crippen molar-refractivity contribution in [1.82, 2.24) is 0 Å². The molecule has 0 nitrogen and oxygen atoms in total. The van der Waals surface area contributed by atoms with Gasteiger partial charge in [-0.2, -0.15) is 0 Å². The van der Waals surface area contributed by atoms with Gasteiger partial charge in [0.15, 0.2) is 0 Å². The first-order chi connectivity index (χ1) is 2.91. The third-order valence-electron chi connectivity index (χ3n) is 0.499. The molecule has 0 saturated heterocycles. The summed E-state index contributed by atoms with van der Waals surface area (Å²) in [5.74, 6) is 0. The van der Waals surface area contributed by atoms with Crippen LogP contribution in [0.25, 0.3) is 0 Å². The Morgan fingerprint density at radius 1 is 1.57 bits per heavy atom. The monoisotopic (exact) mass is 183 g/mol. The summed E-state index contributed by atoms with van der Waals surface area (Å²) in [5, 5.41) is 0. The van der Waals surface area contributed by atoms with E-state index < -0.39 is 0 Å². The molecule has 0 aliphatic rings. The molecule has 3 heteroatoms. The van der Waals surface area contributed by atoms with Crippen LogP contribution in [-0.2, 0) is 31.3 Å². The fourth-order valence-corrected chi connectivity index (χ4v) is 0.916. The van der Waals surface area contributed by atoms with E-state index in [2.05, 4.69) is 18.7 Å². The average Bonchev–Trinajstić information content (AvgIpc) is 1.61. The Bertz CT molecular complexity index is 40.7. The Morgan fingerprint density at radius 2 is 2.14 bits per heavy atom. The van der Waals surface area contributed by atoms with Gasteiger partial charge in [0.2, 0.25) is 0 Å². The summed E-state index contributed by atoms with van der Waals surface area (Å²) in [7, 11) is 1.09. The Labute approximate surface area is 64.7 Å². The van der Waals surface area contributed by atoms with E-state index in [1.54, 1.807) is 0 Å². The summed E-state index contributed by atoms with van der Waals surface area (Å²) >= 11 is 4.66. The van der Waals surface area contributed by atoms with Gasteiger partial charge in [-0.15, -0.1) is 0 Å². The van der Waals surface area contributed by atoms with E-state index in [4.69, 9.17) is 0 Å². The van der Waals surface area contributed by atoms with Crippen molar-refractivity contribution in [1.29, 1.82) is 0 Å². The summed E-state index contributed by atoms with van der Waals surface area (Å²) in [6.45, 7) is 3.67. The standard InChI is InChI=1S/C4H8PS.Zn/c1-2-3-4-5-6;/h1-4H2;. The van der Waals surface area contributed by atoms with Gasteiger partial charge in [-0.1, -0.05) is 25.2 Å². The van der Waals surface area contributed by atoms with Crippen LogP contribution in [0.1, 0.15) is 12.8 Å². The number of rotatable bonds is 3. The zero-order chi connectivity index (χ0) is 4.83. The molecule has 0 N–H and O–H groups in total. The van der Waals surface area contributed by atoms with Crippen LogP contribution in [0.5, 0.6) is 0 Å². The van der Waals surface area contributed by atoms with Crippen LogP contribution in [-0.4, -0.2) is 6.16 Å². The first-order valence-corrected chi connectivity index (χ1v) is 4.09. The van der Waals surface area contributed by atoms with E-state index in [0.29, 0.717) is 0 Å². The van der Waals surface area contributed by atoms with E-state index in [0.717, 1.165) is 19.9 Å². The van der Waals surface area contributed by atoms with Crippen LogP contribution >= 0.6 is 7.36 Å². The molecule has 0 aromatic carbocycles. The summed E-state index contributed by atoms with van der Waals surface area (Å²) in [4.78, 5) is 0. The molecule has 0 rings (SSSR count). The summed E-state index contributed by atoms with van der Waals surface area (Å²) < 4.78 is 0. The molecule has 0 unspecified atom stereocenters. The Morgan fingerprint density at radius 3 is 2.29 bits per heavy atom. The molecule has 0 amide bonds. The molecular formula is C4H8PSZn. The van der Waals surface area contributed by atoms with Crippen molar-refractivity contribution in [3.05, 3.63) is 6.92 Å². The first kappa shape index (κ1) is 11.0. The summed E-state index contributed by atoms with van der Waals surface area (Å²) in [5.41, 5.74) is 0. The van der Waals surface area contributed by atoms with Crippen molar-refractivity contribution < 1.29 is 19.5 Å². The van der Waals surface area contributed by atoms with Crippen LogP contribution in [0.4, 0.5) is 0 Å². The molecule has 0 aliphatic heterocycles. The van der Waals surface area contributed by atoms with E-state index in [-0.39, 0.29) is 19.5 Å². The van der Waals surface area contributed by atoms with Gasteiger partial charge in [0, 0.05) is 19.5 Å². The van der Waals surface area contributed by atoms with Crippen LogP contribution in [0.3, 0.4) is 0 Å². The molecule has 1 radical (unpaired) electrons. The molecular weight excluding hydrogens is 176 g/mol. The van der Waals surface area contributed by atoms with Crippen molar-refractivity contribution in [2.75, 3.05) is 6.16 Å². The minimum atomic E-state index is 0. The van der Waals surface area contributed by atoms with Gasteiger partial charge in [-0.05, 0) is 19.9 Å². The Hall–Kier alpha value is 1.14. The first-order valence-electron chi connectivity index (χ1n) is 2.00. The van der Waals surface area contributed by atoms with Crippen molar-refractivity contribution in [3.8, 4) is 0 Å². The molecule has 0 spiro atoms. The van der Waals surface area contributed by atoms with Crippen molar-refractivity contribution in [3.63, 3.8) is 0 Å². The zero-order valence-corrected chi connectivity index (χ0v) is 9.07. The molecule has 0 heterocycles. The van der Waals surface area contributed by atoms with E-state index in [1.165, 1.54) is 6.42 Å². The normalized spacial score (nSPS) is 8.14. The smallest absolute Gasteiger partial charge is 0 e. The molecule has 37 valence electrons. The largest absolute Gasteiger partial charge is 0.0578 e. The van der Waals surface area contributed by atoms with Gasteiger partial charge in [0.05, 0.1) is 0 Å². The molecule has 0 fully saturated rings. The van der Waals surface area contributed by atoms with Gasteiger partial charge in [0.25, 0.3) is 0 Å². The average molecular weight is 185 g/mol. The number of hydrogen-bond acceptors (Lipinski definition) is 1. The minimum absolute atomic E-state index is 0. The molecule has 0 bridgehead atoms. The van der Waals surface area contributed by atoms with E-state index in [1.807, 2.05) is 0 Å². The second-order valence-corrected chi connectivity index (χ2v) is 2.54. The maximum Gasteiger partial charge on any atom is 0 e. The van der Waals surface area contributed by atoms with Gasteiger partial charge in [-0.3, -0.25) is 0 Å². The number of unbranched alkanes of at least 4 members (excludes halogenated alkanes) is 1. The predicted molar refractivity (Wildman–Crippen MR) is 33.7 cm³/mol. The van der Waals surface area contributed by atoms with Gasteiger partial charge < -0.3 is 0 Å². The maximum atomic E-state index is 4.66. The third-order valence-corrected chi connectivity index (χ3v) is 1.55. The van der Waals surface area contributed by atoms with Crippen LogP contribution < -0.4 is 0 Å². The maximum absolute atomic E-state index is 4.66. The second-order valence-electron chi connectivity index (χ2n) is 1.06. The SMILES string of the molecule is [CH2]CCCP=S.[Zn]. The van der Waals surface area contributed by atoms with Crippen LogP contribution in [0.2, 0.25) is 0 Å². The minimum Gasteiger partial charge on any atom is -0.0578 e. The van der Waals surface area contributed by atoms with Crippen LogP contribution in [0, 0.1) is 6.92 Å². The van der Waals surface area contributed by atoms with E-state index in [9.17, 15) is 0 Å². The summed E-state index contributed by atoms with van der Waals surface area (Å²) in [6.07, 6.45) is 3.35. The van der Waals surface area contributed by atoms with Gasteiger partial charge in [-0.25, -0.2) is 0 Å². The quantitative estimate of drug-likeness (QED) is 0.367. The fourth-order valence-electron chi connectivity index (χ4n) is 0.176. The molecule has 0 atom stereocenters. The Balaban J connectivity index is 0. The zero-order valence-electron chi connectivity index (χ0n) is 4.39. The fraction of sp³-hybridized carbons (Fsp3) is 0.750. The molecule has 0 aliphatic carbocycles. The topological polar surface area (TPSA) is 0 Å². The van der Waals surface area contributed by atoms with E-state index >= 15 is 0 Å². The van der Waals surface area contributed by atoms with Gasteiger partial charge in [0.1, 0.15) is 0 Å². The molecule has 0 aromatic heterocycles. The van der Waals surface area contributed by atoms with Crippen molar-refractivity contribution in [2.45, 2.75) is 12.8 Å². The van der Waals surface area contributed by atoms with Crippen molar-refractivity contribution >= 4 is 19.2 Å². The van der Waals surface area contributed by atoms with Gasteiger partial charge >= 0.3 is 0 Å². The molecule has 7 heavy (non-hydrogen) atoms. The van der Waals surface area contributed by atoms with Crippen molar-refractivity contribution in [2.24, 2.45) is 0 Å².